The Morgan fingerprint density at radius 1 is 1.21 bits per heavy atom. The predicted octanol–water partition coefficient (Wildman–Crippen LogP) is 4.99. The molecule has 2 aromatic carbocycles. The van der Waals surface area contributed by atoms with Crippen molar-refractivity contribution < 1.29 is 9.53 Å². The van der Waals surface area contributed by atoms with Crippen molar-refractivity contribution in [1.82, 2.24) is 9.78 Å². The third-order valence-electron chi connectivity index (χ3n) is 5.19. The Morgan fingerprint density at radius 3 is 2.82 bits per heavy atom. The molecule has 3 aromatic rings. The van der Waals surface area contributed by atoms with Gasteiger partial charge in [-0.1, -0.05) is 35.9 Å². The Hall–Kier alpha value is -3.08. The zero-order valence-corrected chi connectivity index (χ0v) is 16.3. The quantitative estimate of drug-likeness (QED) is 0.633. The minimum Gasteiger partial charge on any atom is -0.489 e. The molecule has 1 amide bonds. The van der Waals surface area contributed by atoms with Gasteiger partial charge < -0.3 is 10.1 Å². The van der Waals surface area contributed by atoms with Crippen molar-refractivity contribution in [3.05, 3.63) is 77.5 Å². The standard InChI is InChI=1S/C23H25N3O2/c1-16-5-3-6-18(13-16)15-28-21-8-4-7-20(14-21)23(27)25-22-11-12-24-26(22)17(2)19-9-10-19/h3-8,11-14,17,19H,9-10,15H2,1-2H3,(H,25,27). The van der Waals surface area contributed by atoms with Crippen LogP contribution in [-0.2, 0) is 6.61 Å². The molecule has 1 heterocycles. The smallest absolute Gasteiger partial charge is 0.256 e. The van der Waals surface area contributed by atoms with Gasteiger partial charge in [-0.2, -0.15) is 5.10 Å². The van der Waals surface area contributed by atoms with Crippen molar-refractivity contribution in [2.45, 2.75) is 39.3 Å². The van der Waals surface area contributed by atoms with E-state index in [1.165, 1.54) is 18.4 Å². The van der Waals surface area contributed by atoms with E-state index in [4.69, 9.17) is 4.74 Å². The Kier molecular flexibility index (Phi) is 5.15. The average Bonchev–Trinajstić information content (AvgIpc) is 3.45. The Balaban J connectivity index is 1.42. The van der Waals surface area contributed by atoms with Crippen LogP contribution in [0.1, 0.15) is 47.3 Å². The van der Waals surface area contributed by atoms with E-state index >= 15 is 0 Å². The van der Waals surface area contributed by atoms with Gasteiger partial charge in [0.2, 0.25) is 0 Å². The van der Waals surface area contributed by atoms with Gasteiger partial charge >= 0.3 is 0 Å². The number of rotatable bonds is 7. The minimum atomic E-state index is -0.161. The number of hydrogen-bond donors (Lipinski definition) is 1. The third kappa shape index (κ3) is 4.25. The van der Waals surface area contributed by atoms with Crippen molar-refractivity contribution in [2.24, 2.45) is 5.92 Å². The van der Waals surface area contributed by atoms with Crippen LogP contribution in [0, 0.1) is 12.8 Å². The van der Waals surface area contributed by atoms with E-state index in [2.05, 4.69) is 36.4 Å². The van der Waals surface area contributed by atoms with E-state index in [1.54, 1.807) is 18.3 Å². The van der Waals surface area contributed by atoms with Gasteiger partial charge in [-0.05, 0) is 56.4 Å². The van der Waals surface area contributed by atoms with Crippen molar-refractivity contribution in [1.29, 1.82) is 0 Å². The van der Waals surface area contributed by atoms with Crippen molar-refractivity contribution in [3.63, 3.8) is 0 Å². The molecule has 5 heteroatoms. The molecule has 0 saturated heterocycles. The van der Waals surface area contributed by atoms with Crippen molar-refractivity contribution >= 4 is 11.7 Å². The number of aromatic nitrogens is 2. The summed E-state index contributed by atoms with van der Waals surface area (Å²) in [5, 5.41) is 7.37. The topological polar surface area (TPSA) is 56.1 Å². The highest BCUT2D eigenvalue weighted by molar-refractivity contribution is 6.04. The molecule has 28 heavy (non-hydrogen) atoms. The monoisotopic (exact) mass is 375 g/mol. The van der Waals surface area contributed by atoms with Crippen molar-refractivity contribution in [2.75, 3.05) is 5.32 Å². The molecule has 1 aliphatic rings. The lowest BCUT2D eigenvalue weighted by atomic mass is 10.1. The maximum absolute atomic E-state index is 12.7. The van der Waals surface area contributed by atoms with E-state index in [1.807, 2.05) is 35.0 Å². The van der Waals surface area contributed by atoms with Crippen LogP contribution in [0.3, 0.4) is 0 Å². The summed E-state index contributed by atoms with van der Waals surface area (Å²) in [4.78, 5) is 12.7. The summed E-state index contributed by atoms with van der Waals surface area (Å²) in [5.41, 5.74) is 2.87. The van der Waals surface area contributed by atoms with Crippen LogP contribution >= 0.6 is 0 Å². The maximum atomic E-state index is 12.7. The average molecular weight is 375 g/mol. The first-order valence-electron chi connectivity index (χ1n) is 9.73. The SMILES string of the molecule is Cc1cccc(COc2cccc(C(=O)Nc3ccnn3C(C)C3CC3)c2)c1. The van der Waals surface area contributed by atoms with Gasteiger partial charge in [0.1, 0.15) is 18.2 Å². The molecule has 0 radical (unpaired) electrons. The lowest BCUT2D eigenvalue weighted by Crippen LogP contribution is -2.18. The minimum absolute atomic E-state index is 0.161. The summed E-state index contributed by atoms with van der Waals surface area (Å²) >= 11 is 0. The lowest BCUT2D eigenvalue weighted by Gasteiger charge is -2.15. The van der Waals surface area contributed by atoms with Gasteiger partial charge in [0.05, 0.1) is 12.2 Å². The fourth-order valence-electron chi connectivity index (χ4n) is 3.40. The third-order valence-corrected chi connectivity index (χ3v) is 5.19. The number of aryl methyl sites for hydroxylation is 1. The molecule has 144 valence electrons. The van der Waals surface area contributed by atoms with E-state index in [0.717, 1.165) is 11.4 Å². The molecule has 1 atom stereocenters. The molecule has 0 aliphatic heterocycles. The zero-order valence-electron chi connectivity index (χ0n) is 16.3. The second-order valence-electron chi connectivity index (χ2n) is 7.50. The molecular formula is C23H25N3O2. The van der Waals surface area contributed by atoms with E-state index in [9.17, 15) is 4.79 Å². The Bertz CT molecular complexity index is 975. The first-order chi connectivity index (χ1) is 13.6. The van der Waals surface area contributed by atoms with Gasteiger partial charge in [-0.15, -0.1) is 0 Å². The Labute approximate surface area is 165 Å². The predicted molar refractivity (Wildman–Crippen MR) is 110 cm³/mol. The van der Waals surface area contributed by atoms with E-state index in [-0.39, 0.29) is 5.91 Å². The summed E-state index contributed by atoms with van der Waals surface area (Å²) in [6.45, 7) is 4.68. The van der Waals surface area contributed by atoms with E-state index in [0.29, 0.717) is 29.9 Å². The van der Waals surface area contributed by atoms with Crippen LogP contribution in [0.4, 0.5) is 5.82 Å². The number of ether oxygens (including phenoxy) is 1. The molecule has 5 nitrogen and oxygen atoms in total. The highest BCUT2D eigenvalue weighted by atomic mass is 16.5. The molecule has 1 aromatic heterocycles. The summed E-state index contributed by atoms with van der Waals surface area (Å²) in [7, 11) is 0. The van der Waals surface area contributed by atoms with Crippen LogP contribution in [0.5, 0.6) is 5.75 Å². The molecule has 1 fully saturated rings. The first-order valence-corrected chi connectivity index (χ1v) is 9.73. The summed E-state index contributed by atoms with van der Waals surface area (Å²) < 4.78 is 7.79. The van der Waals surface area contributed by atoms with E-state index < -0.39 is 0 Å². The highest BCUT2D eigenvalue weighted by Gasteiger charge is 2.30. The number of anilines is 1. The van der Waals surface area contributed by atoms with Gasteiger partial charge in [0, 0.05) is 11.6 Å². The number of nitrogens with zero attached hydrogens (tertiary/aromatic N) is 2. The van der Waals surface area contributed by atoms with Crippen LogP contribution < -0.4 is 10.1 Å². The summed E-state index contributed by atoms with van der Waals surface area (Å²) in [5.74, 6) is 1.91. The number of hydrogen-bond acceptors (Lipinski definition) is 3. The number of amides is 1. The molecule has 1 saturated carbocycles. The molecule has 1 N–H and O–H groups in total. The molecule has 0 spiro atoms. The maximum Gasteiger partial charge on any atom is 0.256 e. The fourth-order valence-corrected chi connectivity index (χ4v) is 3.40. The number of carbonyl (C=O) groups is 1. The summed E-state index contributed by atoms with van der Waals surface area (Å²) in [6, 6.07) is 17.6. The first kappa shape index (κ1) is 18.3. The number of nitrogens with one attached hydrogen (secondary N) is 1. The van der Waals surface area contributed by atoms with Crippen LogP contribution in [0.15, 0.2) is 60.8 Å². The van der Waals surface area contributed by atoms with Gasteiger partial charge in [-0.3, -0.25) is 4.79 Å². The van der Waals surface area contributed by atoms with Crippen molar-refractivity contribution in [3.8, 4) is 5.75 Å². The molecule has 1 aliphatic carbocycles. The zero-order chi connectivity index (χ0) is 19.5. The number of carbonyl (C=O) groups excluding carboxylic acids is 1. The van der Waals surface area contributed by atoms with Gasteiger partial charge in [0.15, 0.2) is 0 Å². The summed E-state index contributed by atoms with van der Waals surface area (Å²) in [6.07, 6.45) is 4.19. The van der Waals surface area contributed by atoms with Gasteiger partial charge in [0.25, 0.3) is 5.91 Å². The molecular weight excluding hydrogens is 350 g/mol. The van der Waals surface area contributed by atoms with Crippen LogP contribution in [0.2, 0.25) is 0 Å². The molecule has 1 unspecified atom stereocenters. The Morgan fingerprint density at radius 2 is 2.04 bits per heavy atom. The second kappa shape index (κ2) is 7.89. The number of benzene rings is 2. The highest BCUT2D eigenvalue weighted by Crippen LogP contribution is 2.40. The fraction of sp³-hybridized carbons (Fsp3) is 0.304. The molecule has 0 bridgehead atoms. The van der Waals surface area contributed by atoms with Crippen LogP contribution in [-0.4, -0.2) is 15.7 Å². The largest absolute Gasteiger partial charge is 0.489 e. The lowest BCUT2D eigenvalue weighted by molar-refractivity contribution is 0.102. The molecule has 4 rings (SSSR count). The van der Waals surface area contributed by atoms with Gasteiger partial charge in [-0.25, -0.2) is 4.68 Å². The van der Waals surface area contributed by atoms with Crippen LogP contribution in [0.25, 0.3) is 0 Å². The normalized spacial score (nSPS) is 14.5. The second-order valence-corrected chi connectivity index (χ2v) is 7.50.